The zero-order valence-electron chi connectivity index (χ0n) is 21.5. The molecule has 3 heterocycles. The molecule has 0 radical (unpaired) electrons. The Balaban J connectivity index is 1.37. The van der Waals surface area contributed by atoms with Crippen molar-refractivity contribution in [1.82, 2.24) is 24.4 Å². The largest absolute Gasteiger partial charge is 0.497 e. The highest BCUT2D eigenvalue weighted by Crippen LogP contribution is 2.33. The van der Waals surface area contributed by atoms with Gasteiger partial charge < -0.3 is 23.7 Å². The fourth-order valence-electron chi connectivity index (χ4n) is 4.40. The summed E-state index contributed by atoms with van der Waals surface area (Å²) in [5.74, 6) is 1.71. The molecule has 0 bridgehead atoms. The normalized spacial score (nSPS) is 13.8. The van der Waals surface area contributed by atoms with E-state index in [9.17, 15) is 4.79 Å². The van der Waals surface area contributed by atoms with Gasteiger partial charge in [0.25, 0.3) is 5.88 Å². The van der Waals surface area contributed by atoms with Gasteiger partial charge in [-0.2, -0.15) is 9.97 Å². The first kappa shape index (κ1) is 25.7. The van der Waals surface area contributed by atoms with Crippen LogP contribution < -0.4 is 9.47 Å². The molecular weight excluding hydrogens is 506 g/mol. The fraction of sp³-hybridized carbons (Fsp3) is 0.286. The molecule has 0 saturated carbocycles. The van der Waals surface area contributed by atoms with Gasteiger partial charge in [-0.3, -0.25) is 4.79 Å². The smallest absolute Gasteiger partial charge is 0.252 e. The monoisotopic (exact) mass is 533 g/mol. The lowest BCUT2D eigenvalue weighted by Crippen LogP contribution is -2.39. The second-order valence-electron chi connectivity index (χ2n) is 9.05. The summed E-state index contributed by atoms with van der Waals surface area (Å²) in [6, 6.07) is 11.7. The highest BCUT2D eigenvalue weighted by molar-refractivity contribution is 6.28. The van der Waals surface area contributed by atoms with Crippen LogP contribution in [0.2, 0.25) is 5.28 Å². The SMILES string of the molecule is COc1ccc(Cn2cnc3c(Oc4c(C)cc(C=CC(=O)N5CCOCC5)cc4C)nc(Cl)nc32)cc1. The summed E-state index contributed by atoms with van der Waals surface area (Å²) in [4.78, 5) is 27.5. The van der Waals surface area contributed by atoms with Crippen molar-refractivity contribution >= 4 is 34.7 Å². The molecule has 1 aliphatic heterocycles. The van der Waals surface area contributed by atoms with Crippen LogP contribution in [0.25, 0.3) is 17.2 Å². The first-order valence-corrected chi connectivity index (χ1v) is 12.6. The lowest BCUT2D eigenvalue weighted by Gasteiger charge is -2.25. The summed E-state index contributed by atoms with van der Waals surface area (Å²) in [6.45, 7) is 6.82. The van der Waals surface area contributed by atoms with Crippen molar-refractivity contribution in [3.8, 4) is 17.4 Å². The summed E-state index contributed by atoms with van der Waals surface area (Å²) in [6.07, 6.45) is 5.12. The molecule has 0 unspecified atom stereocenters. The number of amides is 1. The van der Waals surface area contributed by atoms with Crippen LogP contribution >= 0.6 is 11.6 Å². The Labute approximate surface area is 225 Å². The van der Waals surface area contributed by atoms with Gasteiger partial charge in [-0.1, -0.05) is 12.1 Å². The number of aromatic nitrogens is 4. The van der Waals surface area contributed by atoms with Crippen molar-refractivity contribution in [1.29, 1.82) is 0 Å². The third kappa shape index (κ3) is 5.64. The molecule has 196 valence electrons. The van der Waals surface area contributed by atoms with E-state index >= 15 is 0 Å². The number of aryl methyl sites for hydroxylation is 2. The Hall–Kier alpha value is -3.95. The molecule has 1 aliphatic rings. The van der Waals surface area contributed by atoms with E-state index in [1.807, 2.05) is 60.9 Å². The second-order valence-corrected chi connectivity index (χ2v) is 9.39. The number of hydrogen-bond acceptors (Lipinski definition) is 7. The minimum Gasteiger partial charge on any atom is -0.497 e. The Morgan fingerprint density at radius 2 is 1.82 bits per heavy atom. The number of halogens is 1. The van der Waals surface area contributed by atoms with Gasteiger partial charge in [-0.05, 0) is 78.0 Å². The lowest BCUT2D eigenvalue weighted by atomic mass is 10.1. The van der Waals surface area contributed by atoms with Crippen LogP contribution in [0, 0.1) is 13.8 Å². The van der Waals surface area contributed by atoms with Crippen LogP contribution in [-0.2, 0) is 16.1 Å². The molecule has 2 aromatic carbocycles. The molecule has 2 aromatic heterocycles. The molecule has 0 atom stereocenters. The van der Waals surface area contributed by atoms with Gasteiger partial charge in [0.05, 0.1) is 33.2 Å². The van der Waals surface area contributed by atoms with E-state index < -0.39 is 0 Å². The predicted octanol–water partition coefficient (Wildman–Crippen LogP) is 4.82. The highest BCUT2D eigenvalue weighted by Gasteiger charge is 2.18. The summed E-state index contributed by atoms with van der Waals surface area (Å²) in [5.41, 5.74) is 4.84. The topological polar surface area (TPSA) is 91.6 Å². The standard InChI is InChI=1S/C28H28ClN5O4/c1-18-14-21(6-9-23(35)33-10-12-37-13-11-33)15-19(2)25(18)38-27-24-26(31-28(29)32-27)34(17-30-24)16-20-4-7-22(36-3)8-5-20/h4-9,14-15,17H,10-13,16H2,1-3H3. The Bertz CT molecular complexity index is 1470. The Morgan fingerprint density at radius 1 is 1.11 bits per heavy atom. The van der Waals surface area contributed by atoms with Gasteiger partial charge in [0.15, 0.2) is 11.2 Å². The molecule has 1 saturated heterocycles. The van der Waals surface area contributed by atoms with E-state index in [1.165, 1.54) is 0 Å². The zero-order valence-corrected chi connectivity index (χ0v) is 22.2. The van der Waals surface area contributed by atoms with Crippen LogP contribution in [0.3, 0.4) is 0 Å². The van der Waals surface area contributed by atoms with E-state index in [4.69, 9.17) is 25.8 Å². The number of morpholine rings is 1. The van der Waals surface area contributed by atoms with Crippen LogP contribution in [0.1, 0.15) is 22.3 Å². The predicted molar refractivity (Wildman–Crippen MR) is 145 cm³/mol. The molecule has 0 N–H and O–H groups in total. The van der Waals surface area contributed by atoms with Crippen LogP contribution in [0.5, 0.6) is 17.4 Å². The van der Waals surface area contributed by atoms with Crippen molar-refractivity contribution in [2.24, 2.45) is 0 Å². The van der Waals surface area contributed by atoms with Crippen LogP contribution in [-0.4, -0.2) is 63.7 Å². The third-order valence-corrected chi connectivity index (χ3v) is 6.51. The van der Waals surface area contributed by atoms with E-state index in [0.717, 1.165) is 28.0 Å². The van der Waals surface area contributed by atoms with Crippen molar-refractivity contribution in [2.45, 2.75) is 20.4 Å². The van der Waals surface area contributed by atoms with Crippen molar-refractivity contribution in [2.75, 3.05) is 33.4 Å². The maximum Gasteiger partial charge on any atom is 0.252 e. The number of ether oxygens (including phenoxy) is 3. The van der Waals surface area contributed by atoms with Crippen molar-refractivity contribution in [3.63, 3.8) is 0 Å². The fourth-order valence-corrected chi connectivity index (χ4v) is 4.56. The van der Waals surface area contributed by atoms with E-state index in [0.29, 0.717) is 49.8 Å². The van der Waals surface area contributed by atoms with Gasteiger partial charge >= 0.3 is 0 Å². The van der Waals surface area contributed by atoms with Crippen LogP contribution in [0.15, 0.2) is 48.8 Å². The van der Waals surface area contributed by atoms with Gasteiger partial charge in [-0.15, -0.1) is 0 Å². The highest BCUT2D eigenvalue weighted by atomic mass is 35.5. The Kier molecular flexibility index (Phi) is 7.57. The lowest BCUT2D eigenvalue weighted by molar-refractivity contribution is -0.129. The Morgan fingerprint density at radius 3 is 2.50 bits per heavy atom. The van der Waals surface area contributed by atoms with Crippen molar-refractivity contribution in [3.05, 3.63) is 76.3 Å². The van der Waals surface area contributed by atoms with Gasteiger partial charge in [-0.25, -0.2) is 4.98 Å². The molecule has 38 heavy (non-hydrogen) atoms. The molecule has 0 aliphatic carbocycles. The number of carbonyl (C=O) groups excluding carboxylic acids is 1. The number of methoxy groups -OCH3 is 1. The summed E-state index contributed by atoms with van der Waals surface area (Å²) in [5, 5.41) is 0.0699. The van der Waals surface area contributed by atoms with E-state index in [1.54, 1.807) is 24.4 Å². The van der Waals surface area contributed by atoms with Crippen molar-refractivity contribution < 1.29 is 19.0 Å². The molecule has 5 rings (SSSR count). The minimum atomic E-state index is -0.0211. The molecule has 1 amide bonds. The van der Waals surface area contributed by atoms with E-state index in [-0.39, 0.29) is 17.1 Å². The minimum absolute atomic E-state index is 0.0211. The average molecular weight is 534 g/mol. The number of carbonyl (C=O) groups is 1. The van der Waals surface area contributed by atoms with Crippen LogP contribution in [0.4, 0.5) is 0 Å². The molecule has 0 spiro atoms. The first-order chi connectivity index (χ1) is 18.4. The number of fused-ring (bicyclic) bond motifs is 1. The molecule has 1 fully saturated rings. The third-order valence-electron chi connectivity index (χ3n) is 6.34. The number of rotatable bonds is 7. The molecular formula is C28H28ClN5O4. The number of benzene rings is 2. The number of hydrogen-bond donors (Lipinski definition) is 0. The molecule has 4 aromatic rings. The molecule has 10 heteroatoms. The van der Waals surface area contributed by atoms with Gasteiger partial charge in [0, 0.05) is 19.2 Å². The van der Waals surface area contributed by atoms with Gasteiger partial charge in [0.2, 0.25) is 11.2 Å². The summed E-state index contributed by atoms with van der Waals surface area (Å²) in [7, 11) is 1.64. The molecule has 9 nitrogen and oxygen atoms in total. The number of imidazole rings is 1. The quantitative estimate of drug-likeness (QED) is 0.248. The first-order valence-electron chi connectivity index (χ1n) is 12.3. The summed E-state index contributed by atoms with van der Waals surface area (Å²) < 4.78 is 18.7. The maximum absolute atomic E-state index is 12.5. The maximum atomic E-state index is 12.5. The second kappa shape index (κ2) is 11.2. The summed E-state index contributed by atoms with van der Waals surface area (Å²) >= 11 is 6.29. The average Bonchev–Trinajstić information content (AvgIpc) is 3.32. The van der Waals surface area contributed by atoms with Gasteiger partial charge in [0.1, 0.15) is 11.5 Å². The number of nitrogens with zero attached hydrogens (tertiary/aromatic N) is 5. The zero-order chi connectivity index (χ0) is 26.6. The van der Waals surface area contributed by atoms with E-state index in [2.05, 4.69) is 15.0 Å².